The molecule has 0 aliphatic heterocycles. The summed E-state index contributed by atoms with van der Waals surface area (Å²) in [6.07, 6.45) is 1.78. The Morgan fingerprint density at radius 3 is 2.70 bits per heavy atom. The van der Waals surface area contributed by atoms with Crippen LogP contribution in [0.2, 0.25) is 0 Å². The van der Waals surface area contributed by atoms with Crippen LogP contribution in [0.1, 0.15) is 19.4 Å². The van der Waals surface area contributed by atoms with Gasteiger partial charge in [0.2, 0.25) is 11.8 Å². The molecule has 0 radical (unpaired) electrons. The van der Waals surface area contributed by atoms with Gasteiger partial charge in [-0.25, -0.2) is 4.98 Å². The third-order valence-corrected chi connectivity index (χ3v) is 2.85. The van der Waals surface area contributed by atoms with Crippen molar-refractivity contribution in [3.05, 3.63) is 42.1 Å². The van der Waals surface area contributed by atoms with E-state index in [0.717, 1.165) is 11.3 Å². The molecule has 1 aromatic carbocycles. The molecule has 0 bridgehead atoms. The number of para-hydroxylation sites is 1. The maximum Gasteiger partial charge on any atom is 0.232 e. The van der Waals surface area contributed by atoms with Gasteiger partial charge in [-0.15, -0.1) is 0 Å². The molecule has 0 saturated carbocycles. The first-order valence-electron chi connectivity index (χ1n) is 6.63. The molecular formula is C15H20N4O. The van der Waals surface area contributed by atoms with Crippen molar-refractivity contribution in [2.75, 3.05) is 11.9 Å². The summed E-state index contributed by atoms with van der Waals surface area (Å²) in [5, 5.41) is 0. The number of nitrogens with zero attached hydrogens (tertiary/aromatic N) is 3. The molecule has 0 aliphatic carbocycles. The summed E-state index contributed by atoms with van der Waals surface area (Å²) in [6.45, 7) is 4.41. The first-order chi connectivity index (χ1) is 9.61. The maximum absolute atomic E-state index is 5.77. The minimum absolute atomic E-state index is 0.0828. The van der Waals surface area contributed by atoms with E-state index in [1.54, 1.807) is 12.3 Å². The number of anilines is 2. The molecule has 0 aliphatic rings. The van der Waals surface area contributed by atoms with Crippen molar-refractivity contribution >= 4 is 11.6 Å². The highest BCUT2D eigenvalue weighted by Crippen LogP contribution is 2.25. The molecule has 0 amide bonds. The molecular weight excluding hydrogens is 252 g/mol. The third kappa shape index (κ3) is 3.24. The van der Waals surface area contributed by atoms with Gasteiger partial charge < -0.3 is 15.4 Å². The van der Waals surface area contributed by atoms with E-state index < -0.39 is 0 Å². The van der Waals surface area contributed by atoms with Gasteiger partial charge in [0.05, 0.1) is 6.10 Å². The summed E-state index contributed by atoms with van der Waals surface area (Å²) in [4.78, 5) is 10.6. The van der Waals surface area contributed by atoms with Crippen LogP contribution in [0, 0.1) is 0 Å². The van der Waals surface area contributed by atoms with Crippen molar-refractivity contribution in [2.24, 2.45) is 5.73 Å². The van der Waals surface area contributed by atoms with Gasteiger partial charge in [-0.1, -0.05) is 18.2 Å². The number of nitrogens with two attached hydrogens (primary N) is 1. The number of ether oxygens (including phenoxy) is 1. The van der Waals surface area contributed by atoms with Crippen LogP contribution >= 0.6 is 0 Å². The van der Waals surface area contributed by atoms with Crippen LogP contribution in [-0.4, -0.2) is 23.1 Å². The van der Waals surface area contributed by atoms with E-state index in [1.165, 1.54) is 0 Å². The Hall–Kier alpha value is -2.14. The average Bonchev–Trinajstić information content (AvgIpc) is 2.46. The first-order valence-corrected chi connectivity index (χ1v) is 6.63. The van der Waals surface area contributed by atoms with E-state index in [9.17, 15) is 0 Å². The number of rotatable bonds is 5. The van der Waals surface area contributed by atoms with Gasteiger partial charge in [-0.3, -0.25) is 0 Å². The summed E-state index contributed by atoms with van der Waals surface area (Å²) in [6, 6.07) is 9.70. The highest BCUT2D eigenvalue weighted by atomic mass is 16.5. The van der Waals surface area contributed by atoms with Crippen LogP contribution in [0.15, 0.2) is 36.5 Å². The monoisotopic (exact) mass is 272 g/mol. The van der Waals surface area contributed by atoms with Crippen LogP contribution in [0.5, 0.6) is 5.88 Å². The minimum Gasteiger partial charge on any atom is -0.475 e. The Balaban J connectivity index is 2.30. The van der Waals surface area contributed by atoms with Crippen LogP contribution in [0.25, 0.3) is 0 Å². The summed E-state index contributed by atoms with van der Waals surface area (Å²) in [5.74, 6) is 1.16. The Kier molecular flexibility index (Phi) is 4.53. The van der Waals surface area contributed by atoms with E-state index in [-0.39, 0.29) is 6.10 Å². The zero-order valence-electron chi connectivity index (χ0n) is 12.1. The summed E-state index contributed by atoms with van der Waals surface area (Å²) in [5.41, 5.74) is 7.82. The highest BCUT2D eigenvalue weighted by Gasteiger charge is 2.11. The van der Waals surface area contributed by atoms with Crippen molar-refractivity contribution in [2.45, 2.75) is 26.5 Å². The molecule has 5 nitrogen and oxygen atoms in total. The first kappa shape index (κ1) is 14.3. The van der Waals surface area contributed by atoms with Crippen molar-refractivity contribution < 1.29 is 4.74 Å². The van der Waals surface area contributed by atoms with E-state index >= 15 is 0 Å². The van der Waals surface area contributed by atoms with Gasteiger partial charge in [0.1, 0.15) is 0 Å². The van der Waals surface area contributed by atoms with Crippen molar-refractivity contribution in [3.63, 3.8) is 0 Å². The van der Waals surface area contributed by atoms with E-state index in [1.807, 2.05) is 50.1 Å². The normalized spacial score (nSPS) is 10.7. The Morgan fingerprint density at radius 2 is 2.00 bits per heavy atom. The third-order valence-electron chi connectivity index (χ3n) is 2.85. The van der Waals surface area contributed by atoms with Crippen molar-refractivity contribution in [3.8, 4) is 5.88 Å². The van der Waals surface area contributed by atoms with E-state index in [0.29, 0.717) is 18.4 Å². The topological polar surface area (TPSA) is 64.3 Å². The summed E-state index contributed by atoms with van der Waals surface area (Å²) in [7, 11) is 1.92. The van der Waals surface area contributed by atoms with E-state index in [4.69, 9.17) is 10.5 Å². The van der Waals surface area contributed by atoms with Gasteiger partial charge in [-0.05, 0) is 25.5 Å². The zero-order chi connectivity index (χ0) is 14.5. The lowest BCUT2D eigenvalue weighted by Gasteiger charge is -2.20. The second-order valence-corrected chi connectivity index (χ2v) is 4.75. The molecule has 2 rings (SSSR count). The molecule has 20 heavy (non-hydrogen) atoms. The van der Waals surface area contributed by atoms with Crippen molar-refractivity contribution in [1.82, 2.24) is 9.97 Å². The minimum atomic E-state index is 0.0828. The molecule has 2 N–H and O–H groups in total. The molecule has 1 aromatic heterocycles. The standard InChI is InChI=1S/C15H20N4O/c1-11(2)20-14-8-9-17-15(18-14)19(3)13-7-5-4-6-12(13)10-16/h4-9,11H,10,16H2,1-3H3. The molecule has 5 heteroatoms. The molecule has 0 spiro atoms. The predicted molar refractivity (Wildman–Crippen MR) is 80.2 cm³/mol. The van der Waals surface area contributed by atoms with Gasteiger partial charge in [0.15, 0.2) is 0 Å². The van der Waals surface area contributed by atoms with Gasteiger partial charge >= 0.3 is 0 Å². The maximum atomic E-state index is 5.77. The van der Waals surface area contributed by atoms with Crippen LogP contribution < -0.4 is 15.4 Å². The lowest BCUT2D eigenvalue weighted by atomic mass is 10.1. The molecule has 0 saturated heterocycles. The fraction of sp³-hybridized carbons (Fsp3) is 0.333. The molecule has 1 heterocycles. The van der Waals surface area contributed by atoms with Crippen LogP contribution in [0.4, 0.5) is 11.6 Å². The number of benzene rings is 1. The second-order valence-electron chi connectivity index (χ2n) is 4.75. The smallest absolute Gasteiger partial charge is 0.232 e. The number of hydrogen-bond acceptors (Lipinski definition) is 5. The average molecular weight is 272 g/mol. The van der Waals surface area contributed by atoms with Crippen LogP contribution in [-0.2, 0) is 6.54 Å². The Bertz CT molecular complexity index is 571. The van der Waals surface area contributed by atoms with Crippen molar-refractivity contribution in [1.29, 1.82) is 0 Å². The molecule has 0 unspecified atom stereocenters. The second kappa shape index (κ2) is 6.34. The largest absolute Gasteiger partial charge is 0.475 e. The fourth-order valence-corrected chi connectivity index (χ4v) is 1.92. The zero-order valence-corrected chi connectivity index (χ0v) is 12.1. The SMILES string of the molecule is CC(C)Oc1ccnc(N(C)c2ccccc2CN)n1. The highest BCUT2D eigenvalue weighted by molar-refractivity contribution is 5.61. The predicted octanol–water partition coefficient (Wildman–Crippen LogP) is 2.49. The van der Waals surface area contributed by atoms with Gasteiger partial charge in [0.25, 0.3) is 0 Å². The molecule has 106 valence electrons. The quantitative estimate of drug-likeness (QED) is 0.906. The van der Waals surface area contributed by atoms with Gasteiger partial charge in [0, 0.05) is 31.5 Å². The van der Waals surface area contributed by atoms with Crippen LogP contribution in [0.3, 0.4) is 0 Å². The van der Waals surface area contributed by atoms with E-state index in [2.05, 4.69) is 9.97 Å². The van der Waals surface area contributed by atoms with Gasteiger partial charge in [-0.2, -0.15) is 4.98 Å². The lowest BCUT2D eigenvalue weighted by Crippen LogP contribution is -2.17. The lowest BCUT2D eigenvalue weighted by molar-refractivity contribution is 0.232. The summed E-state index contributed by atoms with van der Waals surface area (Å²) >= 11 is 0. The molecule has 0 fully saturated rings. The fourth-order valence-electron chi connectivity index (χ4n) is 1.92. The number of hydrogen-bond donors (Lipinski definition) is 1. The summed E-state index contributed by atoms with van der Waals surface area (Å²) < 4.78 is 5.59. The molecule has 2 aromatic rings. The molecule has 0 atom stereocenters. The number of aromatic nitrogens is 2. The Labute approximate surface area is 119 Å². The Morgan fingerprint density at radius 1 is 1.25 bits per heavy atom.